The third-order valence-electron chi connectivity index (χ3n) is 2.49. The van der Waals surface area contributed by atoms with E-state index in [-0.39, 0.29) is 11.9 Å². The Bertz CT molecular complexity index is 361. The van der Waals surface area contributed by atoms with Crippen LogP contribution in [-0.4, -0.2) is 42.5 Å². The molecule has 1 aromatic heterocycles. The van der Waals surface area contributed by atoms with Crippen LogP contribution in [0.15, 0.2) is 18.3 Å². The van der Waals surface area contributed by atoms with Crippen molar-refractivity contribution in [1.29, 1.82) is 0 Å². The second-order valence-corrected chi connectivity index (χ2v) is 4.18. The summed E-state index contributed by atoms with van der Waals surface area (Å²) < 4.78 is 0. The minimum Gasteiger partial charge on any atom is -0.369 e. The SMILES string of the molecule is CCC(N)CNc1ccc(C(=O)N(C)C)cn1. The molecule has 0 fully saturated rings. The van der Waals surface area contributed by atoms with Crippen LogP contribution in [0.25, 0.3) is 0 Å². The van der Waals surface area contributed by atoms with Crippen LogP contribution < -0.4 is 11.1 Å². The Labute approximate surface area is 102 Å². The number of anilines is 1. The van der Waals surface area contributed by atoms with Gasteiger partial charge in [-0.15, -0.1) is 0 Å². The van der Waals surface area contributed by atoms with Crippen molar-refractivity contribution in [2.24, 2.45) is 5.73 Å². The lowest BCUT2D eigenvalue weighted by molar-refractivity contribution is 0.0827. The number of rotatable bonds is 5. The van der Waals surface area contributed by atoms with Gasteiger partial charge in [0, 0.05) is 32.9 Å². The summed E-state index contributed by atoms with van der Waals surface area (Å²) >= 11 is 0. The van der Waals surface area contributed by atoms with Gasteiger partial charge in [-0.1, -0.05) is 6.92 Å². The minimum absolute atomic E-state index is 0.0469. The van der Waals surface area contributed by atoms with Crippen molar-refractivity contribution in [3.63, 3.8) is 0 Å². The van der Waals surface area contributed by atoms with Gasteiger partial charge >= 0.3 is 0 Å². The minimum atomic E-state index is -0.0469. The smallest absolute Gasteiger partial charge is 0.254 e. The van der Waals surface area contributed by atoms with Crippen molar-refractivity contribution in [2.45, 2.75) is 19.4 Å². The quantitative estimate of drug-likeness (QED) is 0.798. The van der Waals surface area contributed by atoms with Gasteiger partial charge in [0.2, 0.25) is 0 Å². The van der Waals surface area contributed by atoms with Gasteiger partial charge in [0.15, 0.2) is 0 Å². The van der Waals surface area contributed by atoms with Crippen LogP contribution in [0.1, 0.15) is 23.7 Å². The van der Waals surface area contributed by atoms with Crippen molar-refractivity contribution in [2.75, 3.05) is 26.0 Å². The summed E-state index contributed by atoms with van der Waals surface area (Å²) in [4.78, 5) is 17.3. The third-order valence-corrected chi connectivity index (χ3v) is 2.49. The van der Waals surface area contributed by atoms with E-state index in [0.717, 1.165) is 12.2 Å². The van der Waals surface area contributed by atoms with Crippen LogP contribution in [0.3, 0.4) is 0 Å². The van der Waals surface area contributed by atoms with Gasteiger partial charge in [-0.05, 0) is 18.6 Å². The molecule has 3 N–H and O–H groups in total. The molecule has 0 aliphatic heterocycles. The van der Waals surface area contributed by atoms with Crippen molar-refractivity contribution < 1.29 is 4.79 Å². The highest BCUT2D eigenvalue weighted by atomic mass is 16.2. The number of pyridine rings is 1. The fourth-order valence-electron chi connectivity index (χ4n) is 1.26. The number of amides is 1. The average molecular weight is 236 g/mol. The van der Waals surface area contributed by atoms with Crippen LogP contribution in [0.2, 0.25) is 0 Å². The topological polar surface area (TPSA) is 71.2 Å². The zero-order valence-corrected chi connectivity index (χ0v) is 10.6. The summed E-state index contributed by atoms with van der Waals surface area (Å²) in [5, 5.41) is 3.13. The molecule has 0 saturated carbocycles. The van der Waals surface area contributed by atoms with E-state index in [1.807, 2.05) is 6.92 Å². The zero-order chi connectivity index (χ0) is 12.8. The second kappa shape index (κ2) is 6.20. The second-order valence-electron chi connectivity index (χ2n) is 4.18. The van der Waals surface area contributed by atoms with Gasteiger partial charge in [0.05, 0.1) is 5.56 Å². The van der Waals surface area contributed by atoms with Crippen LogP contribution in [0.5, 0.6) is 0 Å². The third kappa shape index (κ3) is 4.03. The van der Waals surface area contributed by atoms with E-state index in [1.165, 1.54) is 4.90 Å². The molecule has 1 aromatic rings. The highest BCUT2D eigenvalue weighted by Crippen LogP contribution is 2.06. The largest absolute Gasteiger partial charge is 0.369 e. The van der Waals surface area contributed by atoms with Crippen LogP contribution in [0, 0.1) is 0 Å². The molecule has 1 rings (SSSR count). The summed E-state index contributed by atoms with van der Waals surface area (Å²) in [5.41, 5.74) is 6.37. The first-order valence-corrected chi connectivity index (χ1v) is 5.71. The number of aromatic nitrogens is 1. The van der Waals surface area contributed by atoms with Crippen LogP contribution in [-0.2, 0) is 0 Å². The van der Waals surface area contributed by atoms with E-state index < -0.39 is 0 Å². The Morgan fingerprint density at radius 1 is 1.53 bits per heavy atom. The summed E-state index contributed by atoms with van der Waals surface area (Å²) in [7, 11) is 3.43. The van der Waals surface area contributed by atoms with Gasteiger partial charge in [0.25, 0.3) is 5.91 Å². The predicted octanol–water partition coefficient (Wildman–Crippen LogP) is 0.933. The molecule has 0 saturated heterocycles. The molecule has 0 aliphatic rings. The number of hydrogen-bond donors (Lipinski definition) is 2. The Morgan fingerprint density at radius 2 is 2.24 bits per heavy atom. The number of nitrogens with zero attached hydrogens (tertiary/aromatic N) is 2. The Balaban J connectivity index is 2.59. The lowest BCUT2D eigenvalue weighted by atomic mass is 10.2. The number of carbonyl (C=O) groups excluding carboxylic acids is 1. The molecule has 1 heterocycles. The molecule has 0 radical (unpaired) electrons. The van der Waals surface area contributed by atoms with Gasteiger partial charge in [-0.2, -0.15) is 0 Å². The molecule has 1 atom stereocenters. The molecule has 0 aromatic carbocycles. The summed E-state index contributed by atoms with van der Waals surface area (Å²) in [6.45, 7) is 2.73. The monoisotopic (exact) mass is 236 g/mol. The Hall–Kier alpha value is -1.62. The molecule has 0 spiro atoms. The Kier molecular flexibility index (Phi) is 4.90. The highest BCUT2D eigenvalue weighted by molar-refractivity contribution is 5.93. The van der Waals surface area contributed by atoms with Crippen molar-refractivity contribution in [3.8, 4) is 0 Å². The maximum absolute atomic E-state index is 11.6. The lowest BCUT2D eigenvalue weighted by Crippen LogP contribution is -2.28. The molecule has 5 heteroatoms. The number of carbonyl (C=O) groups is 1. The first-order chi connectivity index (χ1) is 8.04. The maximum Gasteiger partial charge on any atom is 0.254 e. The molecule has 1 amide bonds. The number of hydrogen-bond acceptors (Lipinski definition) is 4. The van der Waals surface area contributed by atoms with Gasteiger partial charge in [0.1, 0.15) is 5.82 Å². The average Bonchev–Trinajstić information content (AvgIpc) is 2.35. The van der Waals surface area contributed by atoms with Gasteiger partial charge < -0.3 is 16.0 Å². The van der Waals surface area contributed by atoms with E-state index in [2.05, 4.69) is 10.3 Å². The van der Waals surface area contributed by atoms with E-state index in [0.29, 0.717) is 12.1 Å². The predicted molar refractivity (Wildman–Crippen MR) is 69.0 cm³/mol. The van der Waals surface area contributed by atoms with E-state index in [4.69, 9.17) is 5.73 Å². The maximum atomic E-state index is 11.6. The fraction of sp³-hybridized carbons (Fsp3) is 0.500. The summed E-state index contributed by atoms with van der Waals surface area (Å²) in [5.74, 6) is 0.693. The van der Waals surface area contributed by atoms with Crippen molar-refractivity contribution >= 4 is 11.7 Å². The molecule has 0 bridgehead atoms. The fourth-order valence-corrected chi connectivity index (χ4v) is 1.26. The van der Waals surface area contributed by atoms with E-state index in [1.54, 1.807) is 32.4 Å². The molecule has 94 valence electrons. The van der Waals surface area contributed by atoms with Gasteiger partial charge in [-0.3, -0.25) is 4.79 Å². The van der Waals surface area contributed by atoms with Crippen LogP contribution >= 0.6 is 0 Å². The number of nitrogens with one attached hydrogen (secondary N) is 1. The van der Waals surface area contributed by atoms with E-state index in [9.17, 15) is 4.79 Å². The van der Waals surface area contributed by atoms with Crippen LogP contribution in [0.4, 0.5) is 5.82 Å². The summed E-state index contributed by atoms with van der Waals surface area (Å²) in [6, 6.07) is 3.67. The Morgan fingerprint density at radius 3 is 2.71 bits per heavy atom. The molecule has 5 nitrogen and oxygen atoms in total. The van der Waals surface area contributed by atoms with E-state index >= 15 is 0 Å². The molecular weight excluding hydrogens is 216 g/mol. The van der Waals surface area contributed by atoms with Crippen molar-refractivity contribution in [3.05, 3.63) is 23.9 Å². The zero-order valence-electron chi connectivity index (χ0n) is 10.6. The summed E-state index contributed by atoms with van der Waals surface area (Å²) in [6.07, 6.45) is 2.49. The molecule has 1 unspecified atom stereocenters. The molecular formula is C12H20N4O. The van der Waals surface area contributed by atoms with Gasteiger partial charge in [-0.25, -0.2) is 4.98 Å². The highest BCUT2D eigenvalue weighted by Gasteiger charge is 2.08. The lowest BCUT2D eigenvalue weighted by Gasteiger charge is -2.12. The molecule has 17 heavy (non-hydrogen) atoms. The normalized spacial score (nSPS) is 12.0. The first kappa shape index (κ1) is 13.4. The standard InChI is InChI=1S/C12H20N4O/c1-4-10(13)8-15-11-6-5-9(7-14-11)12(17)16(2)3/h5-7,10H,4,8,13H2,1-3H3,(H,14,15). The molecule has 0 aliphatic carbocycles. The van der Waals surface area contributed by atoms with Crippen molar-refractivity contribution in [1.82, 2.24) is 9.88 Å². The first-order valence-electron chi connectivity index (χ1n) is 5.71. The number of nitrogens with two attached hydrogens (primary N) is 1.